The number of nitrogens with zero attached hydrogens (tertiary/aromatic N) is 4. The molecule has 2 saturated heterocycles. The number of likely N-dealkylation sites (N-methyl/N-ethyl adjacent to an activating group) is 1. The molecule has 0 aromatic heterocycles. The first-order valence-electron chi connectivity index (χ1n) is 11.4. The predicted molar refractivity (Wildman–Crippen MR) is 122 cm³/mol. The second-order valence-corrected chi connectivity index (χ2v) is 8.71. The molecule has 2 aliphatic rings. The second-order valence-electron chi connectivity index (χ2n) is 8.71. The summed E-state index contributed by atoms with van der Waals surface area (Å²) >= 11 is 0. The summed E-state index contributed by atoms with van der Waals surface area (Å²) in [6, 6.07) is 12.1. The highest BCUT2D eigenvalue weighted by molar-refractivity contribution is 6.01. The monoisotopic (exact) mass is 470 g/mol. The van der Waals surface area contributed by atoms with Crippen LogP contribution in [0.2, 0.25) is 0 Å². The molecule has 9 heteroatoms. The van der Waals surface area contributed by atoms with Crippen molar-refractivity contribution >= 4 is 17.8 Å². The van der Waals surface area contributed by atoms with Gasteiger partial charge in [0.05, 0.1) is 6.04 Å². The van der Waals surface area contributed by atoms with E-state index in [0.717, 1.165) is 11.1 Å². The van der Waals surface area contributed by atoms with Gasteiger partial charge in [-0.2, -0.15) is 0 Å². The normalized spacial score (nSPS) is 17.2. The summed E-state index contributed by atoms with van der Waals surface area (Å²) in [6.45, 7) is 2.60. The maximum atomic E-state index is 13.5. The van der Waals surface area contributed by atoms with Crippen molar-refractivity contribution in [3.63, 3.8) is 0 Å². The van der Waals surface area contributed by atoms with E-state index in [4.69, 9.17) is 0 Å². The zero-order valence-corrected chi connectivity index (χ0v) is 19.1. The number of halogens is 2. The molecule has 7 nitrogen and oxygen atoms in total. The van der Waals surface area contributed by atoms with Crippen LogP contribution in [0.15, 0.2) is 48.5 Å². The van der Waals surface area contributed by atoms with E-state index in [1.54, 1.807) is 36.2 Å². The SMILES string of the molecule is CN1CC(=O)N(CCCC(=O)N2CCN(C(c3ccc(F)cc3)c3ccc(F)cc3)CC2)C1=O. The van der Waals surface area contributed by atoms with E-state index in [0.29, 0.717) is 32.6 Å². The molecule has 0 unspecified atom stereocenters. The molecule has 2 aromatic rings. The lowest BCUT2D eigenvalue weighted by Gasteiger charge is -2.40. The summed E-state index contributed by atoms with van der Waals surface area (Å²) in [7, 11) is 1.58. The van der Waals surface area contributed by atoms with Crippen LogP contribution >= 0.6 is 0 Å². The summed E-state index contributed by atoms with van der Waals surface area (Å²) in [4.78, 5) is 43.1. The Hall–Kier alpha value is -3.33. The molecule has 0 saturated carbocycles. The Bertz CT molecular complexity index is 992. The van der Waals surface area contributed by atoms with Crippen molar-refractivity contribution in [1.82, 2.24) is 19.6 Å². The third-order valence-electron chi connectivity index (χ3n) is 6.41. The standard InChI is InChI=1S/C25H28F2N4O3/c1-28-17-23(33)31(25(28)34)12-2-3-22(32)29-13-15-30(16-14-29)24(18-4-8-20(26)9-5-18)19-6-10-21(27)11-7-19/h4-11,24H,2-3,12-17H2,1H3. The minimum Gasteiger partial charge on any atom is -0.340 e. The lowest BCUT2D eigenvalue weighted by Crippen LogP contribution is -2.50. The smallest absolute Gasteiger partial charge is 0.326 e. The van der Waals surface area contributed by atoms with Gasteiger partial charge >= 0.3 is 6.03 Å². The first kappa shape index (κ1) is 23.8. The van der Waals surface area contributed by atoms with Crippen LogP contribution in [0.3, 0.4) is 0 Å². The van der Waals surface area contributed by atoms with Gasteiger partial charge in [0.1, 0.15) is 18.2 Å². The van der Waals surface area contributed by atoms with Crippen LogP contribution in [0.5, 0.6) is 0 Å². The summed E-state index contributed by atoms with van der Waals surface area (Å²) in [5.74, 6) is -0.879. The average molecular weight is 471 g/mol. The van der Waals surface area contributed by atoms with Crippen LogP contribution in [0.4, 0.5) is 13.6 Å². The van der Waals surface area contributed by atoms with E-state index in [2.05, 4.69) is 4.90 Å². The molecule has 0 N–H and O–H groups in total. The van der Waals surface area contributed by atoms with Gasteiger partial charge in [0.2, 0.25) is 11.8 Å². The molecule has 0 aliphatic carbocycles. The molecule has 2 fully saturated rings. The number of hydrogen-bond acceptors (Lipinski definition) is 4. The highest BCUT2D eigenvalue weighted by Crippen LogP contribution is 2.30. The minimum absolute atomic E-state index is 0.00721. The molecule has 34 heavy (non-hydrogen) atoms. The molecule has 0 bridgehead atoms. The van der Waals surface area contributed by atoms with Crippen LogP contribution in [0.1, 0.15) is 30.0 Å². The Labute approximate surface area is 197 Å². The van der Waals surface area contributed by atoms with E-state index >= 15 is 0 Å². The fourth-order valence-electron chi connectivity index (χ4n) is 4.57. The van der Waals surface area contributed by atoms with E-state index in [9.17, 15) is 23.2 Å². The highest BCUT2D eigenvalue weighted by Gasteiger charge is 2.33. The van der Waals surface area contributed by atoms with Crippen LogP contribution < -0.4 is 0 Å². The molecule has 2 aromatic carbocycles. The fraction of sp³-hybridized carbons (Fsp3) is 0.400. The van der Waals surface area contributed by atoms with Crippen molar-refractivity contribution in [2.45, 2.75) is 18.9 Å². The van der Waals surface area contributed by atoms with Crippen molar-refractivity contribution in [2.24, 2.45) is 0 Å². The molecule has 2 aliphatic heterocycles. The summed E-state index contributed by atoms with van der Waals surface area (Å²) in [6.07, 6.45) is 0.693. The molecule has 4 rings (SSSR count). The molecule has 4 amide bonds. The number of carbonyl (C=O) groups is 3. The Balaban J connectivity index is 1.35. The molecule has 180 valence electrons. The first-order chi connectivity index (χ1) is 16.3. The fourth-order valence-corrected chi connectivity index (χ4v) is 4.57. The van der Waals surface area contributed by atoms with Gasteiger partial charge in [-0.15, -0.1) is 0 Å². The molecular weight excluding hydrogens is 442 g/mol. The average Bonchev–Trinajstić information content (AvgIpc) is 3.08. The van der Waals surface area contributed by atoms with Crippen molar-refractivity contribution < 1.29 is 23.2 Å². The number of carbonyl (C=O) groups excluding carboxylic acids is 3. The number of hydrogen-bond donors (Lipinski definition) is 0. The lowest BCUT2D eigenvalue weighted by atomic mass is 9.96. The van der Waals surface area contributed by atoms with E-state index in [1.807, 2.05) is 0 Å². The Kier molecular flexibility index (Phi) is 7.21. The number of amides is 4. The second kappa shape index (κ2) is 10.3. The van der Waals surface area contributed by atoms with Gasteiger partial charge < -0.3 is 9.80 Å². The van der Waals surface area contributed by atoms with Crippen LogP contribution in [-0.4, -0.2) is 83.8 Å². The van der Waals surface area contributed by atoms with Gasteiger partial charge in [0.25, 0.3) is 0 Å². The Morgan fingerprint density at radius 2 is 1.41 bits per heavy atom. The number of piperazine rings is 1. The number of benzene rings is 2. The maximum absolute atomic E-state index is 13.5. The van der Waals surface area contributed by atoms with Gasteiger partial charge in [-0.1, -0.05) is 24.3 Å². The van der Waals surface area contributed by atoms with Crippen molar-refractivity contribution in [3.8, 4) is 0 Å². The largest absolute Gasteiger partial charge is 0.340 e. The summed E-state index contributed by atoms with van der Waals surface area (Å²) in [5, 5.41) is 0. The van der Waals surface area contributed by atoms with E-state index in [1.165, 1.54) is 34.1 Å². The molecule has 2 heterocycles. The molecule has 0 atom stereocenters. The highest BCUT2D eigenvalue weighted by atomic mass is 19.1. The van der Waals surface area contributed by atoms with Crippen LogP contribution in [0.25, 0.3) is 0 Å². The summed E-state index contributed by atoms with van der Waals surface area (Å²) in [5.41, 5.74) is 1.80. The molecule has 0 spiro atoms. The predicted octanol–water partition coefficient (Wildman–Crippen LogP) is 2.87. The lowest BCUT2D eigenvalue weighted by molar-refractivity contribution is -0.133. The van der Waals surface area contributed by atoms with Crippen molar-refractivity contribution in [3.05, 3.63) is 71.3 Å². The number of rotatable bonds is 7. The third kappa shape index (κ3) is 5.25. The first-order valence-corrected chi connectivity index (χ1v) is 11.4. The molecule has 0 radical (unpaired) electrons. The molecular formula is C25H28F2N4O3. The number of urea groups is 1. The van der Waals surface area contributed by atoms with Crippen LogP contribution in [0, 0.1) is 11.6 Å². The van der Waals surface area contributed by atoms with Gasteiger partial charge in [-0.3, -0.25) is 19.4 Å². The van der Waals surface area contributed by atoms with Gasteiger partial charge in [0.15, 0.2) is 0 Å². The maximum Gasteiger partial charge on any atom is 0.326 e. The number of imide groups is 1. The van der Waals surface area contributed by atoms with Crippen molar-refractivity contribution in [1.29, 1.82) is 0 Å². The zero-order valence-electron chi connectivity index (χ0n) is 19.1. The van der Waals surface area contributed by atoms with Crippen LogP contribution in [-0.2, 0) is 9.59 Å². The van der Waals surface area contributed by atoms with Gasteiger partial charge in [-0.05, 0) is 41.8 Å². The third-order valence-corrected chi connectivity index (χ3v) is 6.41. The van der Waals surface area contributed by atoms with Crippen molar-refractivity contribution in [2.75, 3.05) is 46.3 Å². The Morgan fingerprint density at radius 1 is 0.882 bits per heavy atom. The Morgan fingerprint density at radius 3 is 1.88 bits per heavy atom. The topological polar surface area (TPSA) is 64.2 Å². The van der Waals surface area contributed by atoms with E-state index in [-0.39, 0.29) is 55.0 Å². The van der Waals surface area contributed by atoms with E-state index < -0.39 is 0 Å². The minimum atomic E-state index is -0.321. The quantitative estimate of drug-likeness (QED) is 0.584. The van der Waals surface area contributed by atoms with Gasteiger partial charge in [0, 0.05) is 46.2 Å². The van der Waals surface area contributed by atoms with Gasteiger partial charge in [-0.25, -0.2) is 13.6 Å². The zero-order chi connectivity index (χ0) is 24.2. The summed E-state index contributed by atoms with van der Waals surface area (Å²) < 4.78 is 27.0.